The van der Waals surface area contributed by atoms with E-state index in [4.69, 9.17) is 10.5 Å². The number of nitrogens with two attached hydrogens (primary N) is 1. The van der Waals surface area contributed by atoms with Crippen LogP contribution in [-0.2, 0) is 0 Å². The third-order valence-corrected chi connectivity index (χ3v) is 2.30. The van der Waals surface area contributed by atoms with E-state index in [1.54, 1.807) is 13.2 Å². The molecule has 0 aliphatic rings. The van der Waals surface area contributed by atoms with Crippen LogP contribution in [0.25, 0.3) is 0 Å². The largest absolute Gasteiger partial charge is 0.496 e. The lowest BCUT2D eigenvalue weighted by Gasteiger charge is -2.12. The molecule has 0 aliphatic carbocycles. The highest BCUT2D eigenvalue weighted by atomic mass is 79.9. The molecule has 0 saturated heterocycles. The highest BCUT2D eigenvalue weighted by Crippen LogP contribution is 2.27. The summed E-state index contributed by atoms with van der Waals surface area (Å²) in [7, 11) is 1.63. The number of rotatable bonds is 3. The lowest BCUT2D eigenvalue weighted by Crippen LogP contribution is -2.08. The molecular weight excluding hydrogens is 265 g/mol. The van der Waals surface area contributed by atoms with E-state index in [1.807, 2.05) is 18.2 Å². The summed E-state index contributed by atoms with van der Waals surface area (Å²) < 4.78 is 6.16. The number of ether oxygens (including phenoxy) is 1. The Balaban J connectivity index is 0.00000169. The standard InChI is InChI=1S/C10H12BrNO.ClH/c1-3-9(12)8-6-7(11)4-5-10(8)13-2;/h3-6,9H,1,12H2,2H3;1H/t9-;/m0./s1. The van der Waals surface area contributed by atoms with Gasteiger partial charge in [0.05, 0.1) is 13.2 Å². The molecule has 0 aromatic heterocycles. The average molecular weight is 279 g/mol. The van der Waals surface area contributed by atoms with Crippen LogP contribution in [0.1, 0.15) is 11.6 Å². The predicted molar refractivity (Wildman–Crippen MR) is 65.1 cm³/mol. The van der Waals surface area contributed by atoms with Crippen LogP contribution in [0.3, 0.4) is 0 Å². The van der Waals surface area contributed by atoms with E-state index in [0.717, 1.165) is 15.8 Å². The average Bonchev–Trinajstić information content (AvgIpc) is 2.16. The van der Waals surface area contributed by atoms with Crippen molar-refractivity contribution in [1.29, 1.82) is 0 Å². The lowest BCUT2D eigenvalue weighted by atomic mass is 10.1. The van der Waals surface area contributed by atoms with Crippen LogP contribution in [0.4, 0.5) is 0 Å². The second-order valence-corrected chi connectivity index (χ2v) is 3.56. The van der Waals surface area contributed by atoms with Crippen molar-refractivity contribution in [2.45, 2.75) is 6.04 Å². The van der Waals surface area contributed by atoms with Crippen molar-refractivity contribution in [3.05, 3.63) is 40.9 Å². The molecule has 4 heteroatoms. The summed E-state index contributed by atoms with van der Waals surface area (Å²) in [5.41, 5.74) is 6.76. The zero-order chi connectivity index (χ0) is 9.84. The summed E-state index contributed by atoms with van der Waals surface area (Å²) in [6.45, 7) is 3.65. The lowest BCUT2D eigenvalue weighted by molar-refractivity contribution is 0.408. The normalized spacial score (nSPS) is 11.4. The van der Waals surface area contributed by atoms with Crippen molar-refractivity contribution < 1.29 is 4.74 Å². The first-order valence-corrected chi connectivity index (χ1v) is 4.70. The SMILES string of the molecule is C=C[C@H](N)c1cc(Br)ccc1OC.Cl. The monoisotopic (exact) mass is 277 g/mol. The van der Waals surface area contributed by atoms with Crippen molar-refractivity contribution in [1.82, 2.24) is 0 Å². The zero-order valence-corrected chi connectivity index (χ0v) is 10.3. The van der Waals surface area contributed by atoms with Gasteiger partial charge in [0.1, 0.15) is 5.75 Å². The second-order valence-electron chi connectivity index (χ2n) is 2.65. The maximum Gasteiger partial charge on any atom is 0.124 e. The van der Waals surface area contributed by atoms with Gasteiger partial charge in [-0.05, 0) is 18.2 Å². The minimum absolute atomic E-state index is 0. The Morgan fingerprint density at radius 1 is 1.57 bits per heavy atom. The van der Waals surface area contributed by atoms with Gasteiger partial charge in [0, 0.05) is 10.0 Å². The molecule has 78 valence electrons. The van der Waals surface area contributed by atoms with Gasteiger partial charge in [0.2, 0.25) is 0 Å². The van der Waals surface area contributed by atoms with Gasteiger partial charge in [-0.3, -0.25) is 0 Å². The van der Waals surface area contributed by atoms with Crippen molar-refractivity contribution >= 4 is 28.3 Å². The summed E-state index contributed by atoms with van der Waals surface area (Å²) in [6, 6.07) is 5.54. The molecule has 1 rings (SSSR count). The Morgan fingerprint density at radius 3 is 2.71 bits per heavy atom. The number of methoxy groups -OCH3 is 1. The van der Waals surface area contributed by atoms with E-state index < -0.39 is 0 Å². The van der Waals surface area contributed by atoms with Gasteiger partial charge in [-0.2, -0.15) is 0 Å². The van der Waals surface area contributed by atoms with Crippen LogP contribution < -0.4 is 10.5 Å². The van der Waals surface area contributed by atoms with Gasteiger partial charge in [0.25, 0.3) is 0 Å². The molecule has 0 amide bonds. The molecule has 2 nitrogen and oxygen atoms in total. The summed E-state index contributed by atoms with van der Waals surface area (Å²) in [4.78, 5) is 0. The van der Waals surface area contributed by atoms with E-state index in [1.165, 1.54) is 0 Å². The van der Waals surface area contributed by atoms with E-state index in [0.29, 0.717) is 0 Å². The fourth-order valence-electron chi connectivity index (χ4n) is 1.09. The topological polar surface area (TPSA) is 35.2 Å². The first-order valence-electron chi connectivity index (χ1n) is 3.90. The minimum Gasteiger partial charge on any atom is -0.496 e. The maximum absolute atomic E-state index is 5.82. The number of benzene rings is 1. The van der Waals surface area contributed by atoms with Crippen LogP contribution in [0.5, 0.6) is 5.75 Å². The fourth-order valence-corrected chi connectivity index (χ4v) is 1.47. The second kappa shape index (κ2) is 6.06. The van der Waals surface area contributed by atoms with Gasteiger partial charge in [0.15, 0.2) is 0 Å². The molecule has 1 aromatic rings. The highest BCUT2D eigenvalue weighted by Gasteiger charge is 2.08. The Bertz CT molecular complexity index is 317. The fraction of sp³-hybridized carbons (Fsp3) is 0.200. The summed E-state index contributed by atoms with van der Waals surface area (Å²) in [5, 5.41) is 0. The molecule has 0 radical (unpaired) electrons. The molecule has 0 unspecified atom stereocenters. The third-order valence-electron chi connectivity index (χ3n) is 1.80. The summed E-state index contributed by atoms with van der Waals surface area (Å²) >= 11 is 3.38. The van der Waals surface area contributed by atoms with Crippen LogP contribution in [0.2, 0.25) is 0 Å². The van der Waals surface area contributed by atoms with Crippen LogP contribution in [0.15, 0.2) is 35.3 Å². The van der Waals surface area contributed by atoms with Gasteiger partial charge in [-0.15, -0.1) is 19.0 Å². The Morgan fingerprint density at radius 2 is 2.21 bits per heavy atom. The molecule has 0 spiro atoms. The molecule has 1 atom stereocenters. The Kier molecular flexibility index (Phi) is 5.84. The smallest absolute Gasteiger partial charge is 0.124 e. The first-order chi connectivity index (χ1) is 6.19. The van der Waals surface area contributed by atoms with Crippen LogP contribution in [-0.4, -0.2) is 7.11 Å². The zero-order valence-electron chi connectivity index (χ0n) is 7.87. The quantitative estimate of drug-likeness (QED) is 0.863. The predicted octanol–water partition coefficient (Wildman–Crippen LogP) is 3.07. The summed E-state index contributed by atoms with van der Waals surface area (Å²) in [6.07, 6.45) is 1.68. The Labute approximate surface area is 98.7 Å². The van der Waals surface area contributed by atoms with Crippen LogP contribution >= 0.6 is 28.3 Å². The molecule has 0 aliphatic heterocycles. The van der Waals surface area contributed by atoms with Crippen molar-refractivity contribution in [2.24, 2.45) is 5.73 Å². The van der Waals surface area contributed by atoms with Gasteiger partial charge in [-0.1, -0.05) is 22.0 Å². The van der Waals surface area contributed by atoms with Crippen molar-refractivity contribution in [3.8, 4) is 5.75 Å². The van der Waals surface area contributed by atoms with E-state index in [9.17, 15) is 0 Å². The number of hydrogen-bond donors (Lipinski definition) is 1. The molecular formula is C10H13BrClNO. The maximum atomic E-state index is 5.82. The number of hydrogen-bond acceptors (Lipinski definition) is 2. The van der Waals surface area contributed by atoms with Crippen molar-refractivity contribution in [2.75, 3.05) is 7.11 Å². The molecule has 1 aromatic carbocycles. The molecule has 0 fully saturated rings. The van der Waals surface area contributed by atoms with Gasteiger partial charge in [-0.25, -0.2) is 0 Å². The van der Waals surface area contributed by atoms with E-state index in [-0.39, 0.29) is 18.4 Å². The first kappa shape index (κ1) is 13.5. The molecule has 14 heavy (non-hydrogen) atoms. The van der Waals surface area contributed by atoms with E-state index in [2.05, 4.69) is 22.5 Å². The highest BCUT2D eigenvalue weighted by molar-refractivity contribution is 9.10. The van der Waals surface area contributed by atoms with E-state index >= 15 is 0 Å². The third kappa shape index (κ3) is 3.01. The molecule has 2 N–H and O–H groups in total. The Hall–Kier alpha value is -0.510. The molecule has 0 bridgehead atoms. The minimum atomic E-state index is -0.188. The van der Waals surface area contributed by atoms with Crippen LogP contribution in [0, 0.1) is 0 Å². The molecule has 0 saturated carbocycles. The summed E-state index contributed by atoms with van der Waals surface area (Å²) in [5.74, 6) is 0.788. The number of halogens is 2. The van der Waals surface area contributed by atoms with Gasteiger partial charge >= 0.3 is 0 Å². The van der Waals surface area contributed by atoms with Crippen molar-refractivity contribution in [3.63, 3.8) is 0 Å². The molecule has 0 heterocycles. The van der Waals surface area contributed by atoms with Gasteiger partial charge < -0.3 is 10.5 Å².